The predicted molar refractivity (Wildman–Crippen MR) is 118 cm³/mol. The second-order valence-corrected chi connectivity index (χ2v) is 8.01. The zero-order chi connectivity index (χ0) is 21.3. The van der Waals surface area contributed by atoms with Crippen LogP contribution in [0.5, 0.6) is 0 Å². The Morgan fingerprint density at radius 3 is 2.87 bits per heavy atom. The van der Waals surface area contributed by atoms with E-state index in [1.54, 1.807) is 12.3 Å². The topological polar surface area (TPSA) is 58.1 Å². The molecule has 1 unspecified atom stereocenters. The molecular formula is C24H27FN4O. The van der Waals surface area contributed by atoms with Crippen molar-refractivity contribution in [1.29, 1.82) is 0 Å². The monoisotopic (exact) mass is 406 g/mol. The van der Waals surface area contributed by atoms with Crippen LogP contribution in [0, 0.1) is 19.7 Å². The molecular weight excluding hydrogens is 379 g/mol. The van der Waals surface area contributed by atoms with E-state index in [0.29, 0.717) is 22.6 Å². The van der Waals surface area contributed by atoms with Crippen LogP contribution < -0.4 is 5.32 Å². The molecule has 4 rings (SSSR count). The van der Waals surface area contributed by atoms with Crippen LogP contribution in [-0.2, 0) is 0 Å². The molecule has 0 bridgehead atoms. The number of aromatic nitrogens is 2. The summed E-state index contributed by atoms with van der Waals surface area (Å²) in [5.74, 6) is -0.363. The fourth-order valence-electron chi connectivity index (χ4n) is 4.18. The van der Waals surface area contributed by atoms with Gasteiger partial charge in [-0.1, -0.05) is 13.0 Å². The van der Waals surface area contributed by atoms with Crippen molar-refractivity contribution < 1.29 is 9.18 Å². The number of piperidine rings is 1. The van der Waals surface area contributed by atoms with Crippen molar-refractivity contribution in [2.45, 2.75) is 52.5 Å². The number of fused-ring (bicyclic) bond motifs is 1. The highest BCUT2D eigenvalue weighted by Gasteiger charge is 2.29. The minimum atomic E-state index is -0.328. The van der Waals surface area contributed by atoms with Gasteiger partial charge in [0.1, 0.15) is 5.82 Å². The molecule has 1 saturated heterocycles. The molecule has 5 nitrogen and oxygen atoms in total. The third kappa shape index (κ3) is 3.86. The standard InChI is InChI=1S/C24H27FN4O/c1-4-18-7-5-6-12-29(18)24(30)20-14-26-23-19(11-9-16(3)27-23)22(20)28-21-13-17(25)10-8-15(21)2/h8-11,13-14,18H,4-7,12H2,1-3H3,(H,26,27,28). The number of hydrogen-bond donors (Lipinski definition) is 1. The number of amides is 1. The van der Waals surface area contributed by atoms with Gasteiger partial charge in [0.2, 0.25) is 0 Å². The molecule has 1 atom stereocenters. The second-order valence-electron chi connectivity index (χ2n) is 8.01. The Morgan fingerprint density at radius 2 is 2.07 bits per heavy atom. The Bertz CT molecular complexity index is 1100. The molecule has 1 N–H and O–H groups in total. The summed E-state index contributed by atoms with van der Waals surface area (Å²) in [4.78, 5) is 24.6. The number of aryl methyl sites for hydroxylation is 2. The molecule has 1 amide bonds. The molecule has 0 aliphatic carbocycles. The number of carbonyl (C=O) groups excluding carboxylic acids is 1. The number of benzene rings is 1. The van der Waals surface area contributed by atoms with Gasteiger partial charge < -0.3 is 10.2 Å². The van der Waals surface area contributed by atoms with Gasteiger partial charge in [0.15, 0.2) is 5.65 Å². The number of carbonyl (C=O) groups is 1. The minimum Gasteiger partial charge on any atom is -0.354 e. The number of likely N-dealkylation sites (tertiary alicyclic amines) is 1. The lowest BCUT2D eigenvalue weighted by atomic mass is 9.98. The first kappa shape index (κ1) is 20.3. The highest BCUT2D eigenvalue weighted by atomic mass is 19.1. The van der Waals surface area contributed by atoms with Crippen molar-refractivity contribution in [3.63, 3.8) is 0 Å². The fourth-order valence-corrected chi connectivity index (χ4v) is 4.18. The van der Waals surface area contributed by atoms with Gasteiger partial charge in [-0.05, 0) is 69.4 Å². The Balaban J connectivity index is 1.84. The molecule has 1 aliphatic heterocycles. The van der Waals surface area contributed by atoms with E-state index in [2.05, 4.69) is 22.2 Å². The normalized spacial score (nSPS) is 16.7. The maximum Gasteiger partial charge on any atom is 0.257 e. The molecule has 3 heterocycles. The lowest BCUT2D eigenvalue weighted by molar-refractivity contribution is 0.0609. The van der Waals surface area contributed by atoms with Crippen molar-refractivity contribution in [2.75, 3.05) is 11.9 Å². The lowest BCUT2D eigenvalue weighted by Crippen LogP contribution is -2.43. The maximum atomic E-state index is 13.9. The average molecular weight is 407 g/mol. The molecule has 0 saturated carbocycles. The van der Waals surface area contributed by atoms with E-state index in [4.69, 9.17) is 0 Å². The summed E-state index contributed by atoms with van der Waals surface area (Å²) < 4.78 is 13.9. The zero-order valence-electron chi connectivity index (χ0n) is 17.7. The number of nitrogens with one attached hydrogen (secondary N) is 1. The summed E-state index contributed by atoms with van der Waals surface area (Å²) in [5, 5.41) is 4.08. The number of hydrogen-bond acceptors (Lipinski definition) is 4. The van der Waals surface area contributed by atoms with E-state index in [9.17, 15) is 9.18 Å². The number of halogens is 1. The van der Waals surface area contributed by atoms with Crippen molar-refractivity contribution in [3.05, 3.63) is 59.2 Å². The molecule has 3 aromatic rings. The first-order valence-electron chi connectivity index (χ1n) is 10.6. The SMILES string of the molecule is CCC1CCCCN1C(=O)c1cnc2nc(C)ccc2c1Nc1cc(F)ccc1C. The van der Waals surface area contributed by atoms with Gasteiger partial charge in [-0.2, -0.15) is 0 Å². The van der Waals surface area contributed by atoms with Gasteiger partial charge in [0.05, 0.1) is 11.3 Å². The average Bonchev–Trinajstić information content (AvgIpc) is 2.75. The molecule has 0 radical (unpaired) electrons. The van der Waals surface area contributed by atoms with Crippen LogP contribution >= 0.6 is 0 Å². The van der Waals surface area contributed by atoms with E-state index >= 15 is 0 Å². The summed E-state index contributed by atoms with van der Waals surface area (Å²) >= 11 is 0. The van der Waals surface area contributed by atoms with Crippen LogP contribution in [-0.4, -0.2) is 33.4 Å². The third-order valence-electron chi connectivity index (χ3n) is 5.92. The van der Waals surface area contributed by atoms with Crippen LogP contribution in [0.2, 0.25) is 0 Å². The lowest BCUT2D eigenvalue weighted by Gasteiger charge is -2.35. The summed E-state index contributed by atoms with van der Waals surface area (Å²) in [6.07, 6.45) is 5.72. The molecule has 6 heteroatoms. The second kappa shape index (κ2) is 8.38. The number of pyridine rings is 2. The van der Waals surface area contributed by atoms with E-state index in [1.807, 2.05) is 30.9 Å². The van der Waals surface area contributed by atoms with E-state index in [0.717, 1.165) is 48.9 Å². The quantitative estimate of drug-likeness (QED) is 0.619. The van der Waals surface area contributed by atoms with Crippen LogP contribution in [0.1, 0.15) is 54.2 Å². The van der Waals surface area contributed by atoms with Crippen LogP contribution in [0.3, 0.4) is 0 Å². The molecule has 1 aliphatic rings. The van der Waals surface area contributed by atoms with E-state index < -0.39 is 0 Å². The number of rotatable bonds is 4. The minimum absolute atomic E-state index is 0.0342. The van der Waals surface area contributed by atoms with Gasteiger partial charge in [-0.15, -0.1) is 0 Å². The molecule has 0 spiro atoms. The molecule has 156 valence electrons. The van der Waals surface area contributed by atoms with Gasteiger partial charge >= 0.3 is 0 Å². The zero-order valence-corrected chi connectivity index (χ0v) is 17.7. The highest BCUT2D eigenvalue weighted by Crippen LogP contribution is 2.32. The van der Waals surface area contributed by atoms with E-state index in [-0.39, 0.29) is 17.8 Å². The molecule has 1 aromatic carbocycles. The van der Waals surface area contributed by atoms with E-state index in [1.165, 1.54) is 12.1 Å². The molecule has 1 fully saturated rings. The van der Waals surface area contributed by atoms with Crippen molar-refractivity contribution in [3.8, 4) is 0 Å². The van der Waals surface area contributed by atoms with Gasteiger partial charge in [0, 0.05) is 35.6 Å². The largest absolute Gasteiger partial charge is 0.354 e. The van der Waals surface area contributed by atoms with Crippen LogP contribution in [0.4, 0.5) is 15.8 Å². The number of nitrogens with zero attached hydrogens (tertiary/aromatic N) is 3. The first-order valence-corrected chi connectivity index (χ1v) is 10.6. The smallest absolute Gasteiger partial charge is 0.257 e. The molecule has 30 heavy (non-hydrogen) atoms. The van der Waals surface area contributed by atoms with Crippen molar-refractivity contribution in [1.82, 2.24) is 14.9 Å². The van der Waals surface area contributed by atoms with Gasteiger partial charge in [-0.25, -0.2) is 14.4 Å². The summed E-state index contributed by atoms with van der Waals surface area (Å²) in [6.45, 7) is 6.69. The highest BCUT2D eigenvalue weighted by molar-refractivity contribution is 6.07. The Hall–Kier alpha value is -3.02. The predicted octanol–water partition coefficient (Wildman–Crippen LogP) is 5.53. The third-order valence-corrected chi connectivity index (χ3v) is 5.92. The summed E-state index contributed by atoms with van der Waals surface area (Å²) in [6, 6.07) is 8.67. The first-order chi connectivity index (χ1) is 14.5. The maximum absolute atomic E-state index is 13.9. The van der Waals surface area contributed by atoms with Crippen molar-refractivity contribution >= 4 is 28.3 Å². The fraction of sp³-hybridized carbons (Fsp3) is 0.375. The van der Waals surface area contributed by atoms with Gasteiger partial charge in [0.25, 0.3) is 5.91 Å². The van der Waals surface area contributed by atoms with Gasteiger partial charge in [-0.3, -0.25) is 4.79 Å². The Morgan fingerprint density at radius 1 is 1.23 bits per heavy atom. The van der Waals surface area contributed by atoms with Crippen LogP contribution in [0.25, 0.3) is 11.0 Å². The summed E-state index contributed by atoms with van der Waals surface area (Å²) in [7, 11) is 0. The van der Waals surface area contributed by atoms with Crippen LogP contribution in [0.15, 0.2) is 36.5 Å². The Labute approximate surface area is 176 Å². The van der Waals surface area contributed by atoms with Crippen molar-refractivity contribution in [2.24, 2.45) is 0 Å². The number of anilines is 2. The molecule has 2 aromatic heterocycles. The Kier molecular flexibility index (Phi) is 5.66. The summed E-state index contributed by atoms with van der Waals surface area (Å²) in [5.41, 5.74) is 4.06.